The Morgan fingerprint density at radius 3 is 2.10 bits per heavy atom. The molecule has 0 bridgehead atoms. The number of carboxylic acid groups (broad SMARTS) is 1. The first-order valence-corrected chi connectivity index (χ1v) is 6.47. The second-order valence-corrected chi connectivity index (χ2v) is 4.70. The van der Waals surface area contributed by atoms with Crippen LogP contribution < -0.4 is 10.6 Å². The summed E-state index contributed by atoms with van der Waals surface area (Å²) in [6, 6.07) is 5.68. The molecule has 0 atom stereocenters. The second kappa shape index (κ2) is 6.18. The predicted octanol–water partition coefficient (Wildman–Crippen LogP) is 0.641. The molecule has 2 rings (SSSR count). The van der Waals surface area contributed by atoms with Gasteiger partial charge in [-0.2, -0.15) is 0 Å². The molecule has 0 spiro atoms. The van der Waals surface area contributed by atoms with Crippen molar-refractivity contribution < 1.29 is 19.5 Å². The van der Waals surface area contributed by atoms with Crippen molar-refractivity contribution in [1.82, 2.24) is 10.6 Å². The summed E-state index contributed by atoms with van der Waals surface area (Å²) in [6.07, 6.45) is 1.90. The molecule has 6 heteroatoms. The van der Waals surface area contributed by atoms with Gasteiger partial charge < -0.3 is 15.7 Å². The maximum absolute atomic E-state index is 11.7. The van der Waals surface area contributed by atoms with Gasteiger partial charge in [-0.15, -0.1) is 0 Å². The van der Waals surface area contributed by atoms with Gasteiger partial charge in [0.15, 0.2) is 0 Å². The normalized spacial score (nSPS) is 13.6. The molecule has 1 aliphatic carbocycles. The van der Waals surface area contributed by atoms with Gasteiger partial charge in [0, 0.05) is 24.6 Å². The van der Waals surface area contributed by atoms with Crippen LogP contribution in [-0.2, 0) is 4.79 Å². The third kappa shape index (κ3) is 3.81. The van der Waals surface area contributed by atoms with Gasteiger partial charge in [0.25, 0.3) is 5.91 Å². The summed E-state index contributed by atoms with van der Waals surface area (Å²) in [5.74, 6) is -1.11. The van der Waals surface area contributed by atoms with Crippen LogP contribution in [0, 0.1) is 5.92 Å². The maximum Gasteiger partial charge on any atom is 0.335 e. The first kappa shape index (κ1) is 14.0. The van der Waals surface area contributed by atoms with Crippen LogP contribution in [0.3, 0.4) is 0 Å². The number of benzene rings is 1. The first-order chi connectivity index (χ1) is 9.58. The smallest absolute Gasteiger partial charge is 0.335 e. The number of carbonyl (C=O) groups excluding carboxylic acids is 2. The Bertz CT molecular complexity index is 520. The van der Waals surface area contributed by atoms with Gasteiger partial charge in [-0.05, 0) is 37.1 Å². The molecule has 20 heavy (non-hydrogen) atoms. The van der Waals surface area contributed by atoms with Gasteiger partial charge in [0.05, 0.1) is 5.56 Å². The summed E-state index contributed by atoms with van der Waals surface area (Å²) < 4.78 is 0. The highest BCUT2D eigenvalue weighted by molar-refractivity contribution is 5.95. The average Bonchev–Trinajstić information content (AvgIpc) is 3.27. The molecule has 1 aromatic carbocycles. The number of hydrogen-bond acceptors (Lipinski definition) is 3. The molecule has 0 saturated heterocycles. The Hall–Kier alpha value is -2.37. The number of nitrogens with one attached hydrogen (secondary N) is 2. The number of hydrogen-bond donors (Lipinski definition) is 3. The minimum Gasteiger partial charge on any atom is -0.478 e. The quantitative estimate of drug-likeness (QED) is 0.664. The third-order valence-electron chi connectivity index (χ3n) is 3.05. The molecule has 1 aromatic rings. The average molecular weight is 276 g/mol. The maximum atomic E-state index is 11.7. The van der Waals surface area contributed by atoms with E-state index in [0.29, 0.717) is 18.7 Å². The molecule has 0 aromatic heterocycles. The Balaban J connectivity index is 1.73. The lowest BCUT2D eigenvalue weighted by atomic mass is 10.1. The van der Waals surface area contributed by atoms with Crippen molar-refractivity contribution in [3.05, 3.63) is 35.4 Å². The monoisotopic (exact) mass is 276 g/mol. The molecule has 1 saturated carbocycles. The predicted molar refractivity (Wildman–Crippen MR) is 71.5 cm³/mol. The van der Waals surface area contributed by atoms with E-state index in [0.717, 1.165) is 12.8 Å². The number of aromatic carboxylic acids is 1. The SMILES string of the molecule is O=C(O)c1ccc(C(=O)NCCNC(=O)C2CC2)cc1. The van der Waals surface area contributed by atoms with Crippen LogP contribution in [0.15, 0.2) is 24.3 Å². The molecular weight excluding hydrogens is 260 g/mol. The lowest BCUT2D eigenvalue weighted by molar-refractivity contribution is -0.122. The van der Waals surface area contributed by atoms with E-state index >= 15 is 0 Å². The van der Waals surface area contributed by atoms with Crippen molar-refractivity contribution in [2.75, 3.05) is 13.1 Å². The molecular formula is C14H16N2O4. The van der Waals surface area contributed by atoms with E-state index in [9.17, 15) is 14.4 Å². The standard InChI is InChI=1S/C14H16N2O4/c17-12(9-1-2-9)15-7-8-16-13(18)10-3-5-11(6-4-10)14(19)20/h3-6,9H,1-2,7-8H2,(H,15,17)(H,16,18)(H,19,20). The minimum atomic E-state index is -1.03. The zero-order chi connectivity index (χ0) is 14.5. The largest absolute Gasteiger partial charge is 0.478 e. The summed E-state index contributed by atoms with van der Waals surface area (Å²) in [6.45, 7) is 0.742. The molecule has 0 radical (unpaired) electrons. The van der Waals surface area contributed by atoms with E-state index in [2.05, 4.69) is 10.6 Å². The number of carboxylic acids is 1. The van der Waals surface area contributed by atoms with Gasteiger partial charge in [0.2, 0.25) is 5.91 Å². The summed E-state index contributed by atoms with van der Waals surface area (Å²) in [4.78, 5) is 33.8. The summed E-state index contributed by atoms with van der Waals surface area (Å²) in [5.41, 5.74) is 0.529. The fraction of sp³-hybridized carbons (Fsp3) is 0.357. The van der Waals surface area contributed by atoms with Crippen molar-refractivity contribution in [3.8, 4) is 0 Å². The van der Waals surface area contributed by atoms with Crippen LogP contribution in [0.2, 0.25) is 0 Å². The van der Waals surface area contributed by atoms with E-state index in [-0.39, 0.29) is 23.3 Å². The summed E-state index contributed by atoms with van der Waals surface area (Å²) in [5, 5.41) is 14.2. The van der Waals surface area contributed by atoms with Gasteiger partial charge >= 0.3 is 5.97 Å². The molecule has 0 unspecified atom stereocenters. The molecule has 3 N–H and O–H groups in total. The van der Waals surface area contributed by atoms with Crippen LogP contribution >= 0.6 is 0 Å². The lowest BCUT2D eigenvalue weighted by Gasteiger charge is -2.07. The Labute approximate surface area is 116 Å². The number of amides is 2. The van der Waals surface area contributed by atoms with Crippen molar-refractivity contribution >= 4 is 17.8 Å². The van der Waals surface area contributed by atoms with E-state index in [1.54, 1.807) is 0 Å². The minimum absolute atomic E-state index is 0.0464. The zero-order valence-corrected chi connectivity index (χ0v) is 10.9. The molecule has 2 amide bonds. The highest BCUT2D eigenvalue weighted by atomic mass is 16.4. The molecule has 6 nitrogen and oxygen atoms in total. The summed E-state index contributed by atoms with van der Waals surface area (Å²) >= 11 is 0. The van der Waals surface area contributed by atoms with Gasteiger partial charge in [0.1, 0.15) is 0 Å². The molecule has 1 aliphatic rings. The van der Waals surface area contributed by atoms with Crippen LogP contribution in [0.4, 0.5) is 0 Å². The Morgan fingerprint density at radius 2 is 1.55 bits per heavy atom. The Kier molecular flexibility index (Phi) is 4.34. The van der Waals surface area contributed by atoms with Crippen LogP contribution in [0.1, 0.15) is 33.6 Å². The third-order valence-corrected chi connectivity index (χ3v) is 3.05. The van der Waals surface area contributed by atoms with Crippen molar-refractivity contribution in [3.63, 3.8) is 0 Å². The lowest BCUT2D eigenvalue weighted by Crippen LogP contribution is -2.35. The highest BCUT2D eigenvalue weighted by Gasteiger charge is 2.28. The van der Waals surface area contributed by atoms with Gasteiger partial charge in [-0.1, -0.05) is 0 Å². The van der Waals surface area contributed by atoms with Crippen molar-refractivity contribution in [1.29, 1.82) is 0 Å². The van der Waals surface area contributed by atoms with Crippen molar-refractivity contribution in [2.24, 2.45) is 5.92 Å². The highest BCUT2D eigenvalue weighted by Crippen LogP contribution is 2.28. The first-order valence-electron chi connectivity index (χ1n) is 6.47. The van der Waals surface area contributed by atoms with E-state index in [1.807, 2.05) is 0 Å². The molecule has 106 valence electrons. The second-order valence-electron chi connectivity index (χ2n) is 4.70. The Morgan fingerprint density at radius 1 is 1.00 bits per heavy atom. The number of carbonyl (C=O) groups is 3. The fourth-order valence-corrected chi connectivity index (χ4v) is 1.72. The van der Waals surface area contributed by atoms with E-state index in [1.165, 1.54) is 24.3 Å². The fourth-order valence-electron chi connectivity index (χ4n) is 1.72. The zero-order valence-electron chi connectivity index (χ0n) is 10.9. The van der Waals surface area contributed by atoms with Crippen LogP contribution in [0.25, 0.3) is 0 Å². The van der Waals surface area contributed by atoms with Crippen LogP contribution in [0.5, 0.6) is 0 Å². The molecule has 1 fully saturated rings. The van der Waals surface area contributed by atoms with Gasteiger partial charge in [-0.25, -0.2) is 4.79 Å². The summed E-state index contributed by atoms with van der Waals surface area (Å²) in [7, 11) is 0. The number of rotatable bonds is 6. The van der Waals surface area contributed by atoms with Crippen LogP contribution in [-0.4, -0.2) is 36.0 Å². The van der Waals surface area contributed by atoms with E-state index in [4.69, 9.17) is 5.11 Å². The van der Waals surface area contributed by atoms with Crippen molar-refractivity contribution in [2.45, 2.75) is 12.8 Å². The topological polar surface area (TPSA) is 95.5 Å². The van der Waals surface area contributed by atoms with E-state index < -0.39 is 5.97 Å². The van der Waals surface area contributed by atoms with Gasteiger partial charge in [-0.3, -0.25) is 9.59 Å². The molecule has 0 heterocycles. The molecule has 0 aliphatic heterocycles.